The van der Waals surface area contributed by atoms with Gasteiger partial charge in [0.15, 0.2) is 11.5 Å². The largest absolute Gasteiger partial charge is 0.493 e. The van der Waals surface area contributed by atoms with Gasteiger partial charge < -0.3 is 18.9 Å². The summed E-state index contributed by atoms with van der Waals surface area (Å²) >= 11 is 12.1. The van der Waals surface area contributed by atoms with Crippen LogP contribution in [0.4, 0.5) is 0 Å². The average Bonchev–Trinajstić information content (AvgIpc) is 2.92. The minimum Gasteiger partial charge on any atom is -0.493 e. The van der Waals surface area contributed by atoms with Crippen LogP contribution in [0.5, 0.6) is 23.0 Å². The number of nitrogens with one attached hydrogen (secondary N) is 1. The minimum atomic E-state index is -0.668. The molecule has 0 bridgehead atoms. The summed E-state index contributed by atoms with van der Waals surface area (Å²) in [6.07, 6.45) is 1.41. The van der Waals surface area contributed by atoms with Gasteiger partial charge in [0.05, 0.1) is 38.1 Å². The first-order valence-electron chi connectivity index (χ1n) is 11.2. The summed E-state index contributed by atoms with van der Waals surface area (Å²) in [7, 11) is 4.38. The van der Waals surface area contributed by atoms with Gasteiger partial charge in [-0.25, -0.2) is 10.2 Å². The van der Waals surface area contributed by atoms with Crippen LogP contribution in [-0.4, -0.2) is 39.4 Å². The Morgan fingerprint density at radius 1 is 0.842 bits per heavy atom. The summed E-state index contributed by atoms with van der Waals surface area (Å²) in [5.41, 5.74) is 3.35. The second-order valence-corrected chi connectivity index (χ2v) is 8.67. The van der Waals surface area contributed by atoms with E-state index in [2.05, 4.69) is 10.5 Å². The predicted molar refractivity (Wildman–Crippen MR) is 147 cm³/mol. The lowest BCUT2D eigenvalue weighted by Gasteiger charge is -2.13. The van der Waals surface area contributed by atoms with Crippen LogP contribution in [-0.2, 0) is 0 Å². The number of methoxy groups -OCH3 is 3. The molecule has 1 amide bonds. The number of hydrogen-bond acceptors (Lipinski definition) is 7. The van der Waals surface area contributed by atoms with Gasteiger partial charge in [-0.15, -0.1) is 0 Å². The van der Waals surface area contributed by atoms with Crippen molar-refractivity contribution in [3.8, 4) is 23.0 Å². The van der Waals surface area contributed by atoms with E-state index in [1.54, 1.807) is 12.1 Å². The molecule has 0 aliphatic carbocycles. The highest BCUT2D eigenvalue weighted by Crippen LogP contribution is 2.38. The number of nitrogens with zero attached hydrogens (tertiary/aromatic N) is 1. The molecule has 1 N–H and O–H groups in total. The maximum Gasteiger partial charge on any atom is 0.345 e. The molecule has 4 aromatic carbocycles. The van der Waals surface area contributed by atoms with Gasteiger partial charge in [0, 0.05) is 16.1 Å². The van der Waals surface area contributed by atoms with Crippen LogP contribution in [0.2, 0.25) is 10.0 Å². The van der Waals surface area contributed by atoms with Crippen molar-refractivity contribution in [2.24, 2.45) is 5.10 Å². The van der Waals surface area contributed by atoms with Gasteiger partial charge in [-0.1, -0.05) is 53.5 Å². The Balaban J connectivity index is 1.64. The molecule has 0 saturated carbocycles. The molecular formula is C28H22Cl2N2O6. The van der Waals surface area contributed by atoms with Gasteiger partial charge in [-0.3, -0.25) is 4.79 Å². The average molecular weight is 553 g/mol. The van der Waals surface area contributed by atoms with Gasteiger partial charge in [0.25, 0.3) is 5.91 Å². The molecular weight excluding hydrogens is 531 g/mol. The first-order chi connectivity index (χ1) is 18.4. The number of benzene rings is 4. The highest BCUT2D eigenvalue weighted by molar-refractivity contribution is 6.36. The number of carbonyl (C=O) groups excluding carboxylic acids is 2. The van der Waals surface area contributed by atoms with E-state index in [9.17, 15) is 9.59 Å². The molecule has 0 heterocycles. The molecule has 0 fully saturated rings. The van der Waals surface area contributed by atoms with Crippen LogP contribution < -0.4 is 24.4 Å². The van der Waals surface area contributed by atoms with Crippen LogP contribution in [0, 0.1) is 0 Å². The van der Waals surface area contributed by atoms with Crippen LogP contribution in [0.15, 0.2) is 71.8 Å². The lowest BCUT2D eigenvalue weighted by atomic mass is 10.0. The third-order valence-corrected chi connectivity index (χ3v) is 6.12. The molecule has 0 atom stereocenters. The molecule has 10 heteroatoms. The summed E-state index contributed by atoms with van der Waals surface area (Å²) in [6.45, 7) is 0. The van der Waals surface area contributed by atoms with Crippen molar-refractivity contribution in [3.63, 3.8) is 0 Å². The lowest BCUT2D eigenvalue weighted by molar-refractivity contribution is 0.0734. The van der Waals surface area contributed by atoms with E-state index in [1.807, 2.05) is 30.3 Å². The summed E-state index contributed by atoms with van der Waals surface area (Å²) < 4.78 is 21.6. The fourth-order valence-electron chi connectivity index (χ4n) is 3.74. The van der Waals surface area contributed by atoms with Gasteiger partial charge in [-0.2, -0.15) is 5.10 Å². The fourth-order valence-corrected chi connectivity index (χ4v) is 4.23. The van der Waals surface area contributed by atoms with Crippen molar-refractivity contribution in [3.05, 3.63) is 93.5 Å². The van der Waals surface area contributed by atoms with Crippen LogP contribution >= 0.6 is 23.2 Å². The van der Waals surface area contributed by atoms with Gasteiger partial charge in [-0.05, 0) is 47.2 Å². The van der Waals surface area contributed by atoms with E-state index in [0.717, 1.165) is 10.8 Å². The van der Waals surface area contributed by atoms with E-state index in [4.69, 9.17) is 42.1 Å². The number of fused-ring (bicyclic) bond motifs is 1. The zero-order valence-electron chi connectivity index (χ0n) is 20.6. The van der Waals surface area contributed by atoms with Crippen molar-refractivity contribution in [2.45, 2.75) is 0 Å². The van der Waals surface area contributed by atoms with Crippen molar-refractivity contribution < 1.29 is 28.5 Å². The summed E-state index contributed by atoms with van der Waals surface area (Å²) in [5, 5.41) is 6.32. The number of esters is 1. The van der Waals surface area contributed by atoms with Gasteiger partial charge >= 0.3 is 5.97 Å². The van der Waals surface area contributed by atoms with Crippen molar-refractivity contribution >= 4 is 52.1 Å². The fraction of sp³-hybridized carbons (Fsp3) is 0.107. The zero-order chi connectivity index (χ0) is 27.2. The third kappa shape index (κ3) is 5.66. The van der Waals surface area contributed by atoms with Gasteiger partial charge in [0.1, 0.15) is 5.75 Å². The maximum absolute atomic E-state index is 12.9. The Morgan fingerprint density at radius 2 is 1.55 bits per heavy atom. The first-order valence-corrected chi connectivity index (χ1v) is 11.9. The van der Waals surface area contributed by atoms with Crippen LogP contribution in [0.1, 0.15) is 26.3 Å². The normalized spacial score (nSPS) is 10.9. The van der Waals surface area contributed by atoms with Gasteiger partial charge in [0.2, 0.25) is 5.75 Å². The highest BCUT2D eigenvalue weighted by Gasteiger charge is 2.18. The predicted octanol–water partition coefficient (Wildman–Crippen LogP) is 6.16. The highest BCUT2D eigenvalue weighted by atomic mass is 35.5. The Morgan fingerprint density at radius 3 is 2.21 bits per heavy atom. The molecule has 0 aliphatic heterocycles. The SMILES string of the molecule is COc1cc(C(=O)N/N=C\c2c(OC(=O)c3ccc(Cl)cc3Cl)ccc3ccccc23)cc(OC)c1OC. The van der Waals surface area contributed by atoms with Crippen molar-refractivity contribution in [1.29, 1.82) is 0 Å². The zero-order valence-corrected chi connectivity index (χ0v) is 22.1. The first kappa shape index (κ1) is 26.8. The number of ether oxygens (including phenoxy) is 4. The number of rotatable bonds is 8. The summed E-state index contributed by atoms with van der Waals surface area (Å²) in [6, 6.07) is 18.4. The Kier molecular flexibility index (Phi) is 8.35. The maximum atomic E-state index is 12.9. The van der Waals surface area contributed by atoms with Crippen molar-refractivity contribution in [2.75, 3.05) is 21.3 Å². The van der Waals surface area contributed by atoms with E-state index in [1.165, 1.54) is 51.8 Å². The quantitative estimate of drug-likeness (QED) is 0.122. The van der Waals surface area contributed by atoms with E-state index < -0.39 is 11.9 Å². The topological polar surface area (TPSA) is 95.5 Å². The number of halogens is 2. The van der Waals surface area contributed by atoms with E-state index in [0.29, 0.717) is 27.8 Å². The molecule has 0 aromatic heterocycles. The molecule has 4 aromatic rings. The standard InChI is InChI=1S/C28H22Cl2N2O6/c1-35-24-12-17(13-25(36-2)26(24)37-3)27(33)32-31-15-21-19-7-5-4-6-16(19)8-11-23(21)38-28(34)20-10-9-18(29)14-22(20)30/h4-15H,1-3H3,(H,32,33)/b31-15-. The summed E-state index contributed by atoms with van der Waals surface area (Å²) in [5.74, 6) is 0.0454. The third-order valence-electron chi connectivity index (χ3n) is 5.57. The summed E-state index contributed by atoms with van der Waals surface area (Å²) in [4.78, 5) is 25.7. The molecule has 38 heavy (non-hydrogen) atoms. The second kappa shape index (κ2) is 11.9. The number of hydrogen-bond donors (Lipinski definition) is 1. The van der Waals surface area contributed by atoms with Crippen molar-refractivity contribution in [1.82, 2.24) is 5.43 Å². The molecule has 0 radical (unpaired) electrons. The van der Waals surface area contributed by atoms with E-state index in [-0.39, 0.29) is 21.9 Å². The molecule has 0 aliphatic rings. The molecule has 194 valence electrons. The Bertz CT molecular complexity index is 1530. The number of hydrazone groups is 1. The van der Waals surface area contributed by atoms with E-state index >= 15 is 0 Å². The molecule has 0 unspecified atom stereocenters. The molecule has 0 spiro atoms. The molecule has 4 rings (SSSR count). The van der Waals surface area contributed by atoms with Crippen LogP contribution in [0.25, 0.3) is 10.8 Å². The molecule has 8 nitrogen and oxygen atoms in total. The lowest BCUT2D eigenvalue weighted by Crippen LogP contribution is -2.18. The Hall–Kier alpha value is -4.27. The monoisotopic (exact) mass is 552 g/mol. The number of carbonyl (C=O) groups is 2. The van der Waals surface area contributed by atoms with Crippen LogP contribution in [0.3, 0.4) is 0 Å². The Labute approximate surface area is 228 Å². The second-order valence-electron chi connectivity index (χ2n) is 7.83. The minimum absolute atomic E-state index is 0.155. The molecule has 0 saturated heterocycles. The smallest absolute Gasteiger partial charge is 0.345 e. The number of amides is 1.